The first-order chi connectivity index (χ1) is 12.4. The van der Waals surface area contributed by atoms with Crippen LogP contribution in [-0.2, 0) is 6.54 Å². The molecule has 3 rings (SSSR count). The number of carbonyl (C=O) groups excluding carboxylic acids is 1. The van der Waals surface area contributed by atoms with Gasteiger partial charge in [0.15, 0.2) is 5.78 Å². The van der Waals surface area contributed by atoms with Crippen molar-refractivity contribution in [2.45, 2.75) is 20.4 Å². The molecule has 0 aliphatic rings. The number of rotatable bonds is 5. The zero-order valence-corrected chi connectivity index (χ0v) is 15.7. The molecule has 0 aliphatic heterocycles. The SMILES string of the molecule is COc1ccc(Cn2c(=O)[nH]c3sc(C(C)=O)c(C)c3c2=O)c(OC)c1. The molecule has 26 heavy (non-hydrogen) atoms. The largest absolute Gasteiger partial charge is 0.497 e. The predicted molar refractivity (Wildman–Crippen MR) is 100 cm³/mol. The maximum Gasteiger partial charge on any atom is 0.329 e. The van der Waals surface area contributed by atoms with E-state index in [4.69, 9.17) is 9.47 Å². The topological polar surface area (TPSA) is 90.4 Å². The normalized spacial score (nSPS) is 10.9. The van der Waals surface area contributed by atoms with Gasteiger partial charge in [0, 0.05) is 11.6 Å². The summed E-state index contributed by atoms with van der Waals surface area (Å²) in [5.74, 6) is 0.997. The maximum absolute atomic E-state index is 12.9. The molecular formula is C18H18N2O5S. The number of ether oxygens (including phenoxy) is 2. The van der Waals surface area contributed by atoms with E-state index in [0.717, 1.165) is 15.9 Å². The van der Waals surface area contributed by atoms with E-state index in [1.165, 1.54) is 14.0 Å². The Morgan fingerprint density at radius 1 is 1.23 bits per heavy atom. The van der Waals surface area contributed by atoms with Crippen LogP contribution in [0.15, 0.2) is 27.8 Å². The number of ketones is 1. The van der Waals surface area contributed by atoms with E-state index in [1.54, 1.807) is 32.2 Å². The van der Waals surface area contributed by atoms with Gasteiger partial charge >= 0.3 is 5.69 Å². The molecule has 0 saturated carbocycles. The molecule has 0 spiro atoms. The third kappa shape index (κ3) is 2.92. The predicted octanol–water partition coefficient (Wildman–Crippen LogP) is 2.33. The number of benzene rings is 1. The molecule has 0 saturated heterocycles. The van der Waals surface area contributed by atoms with Gasteiger partial charge in [-0.25, -0.2) is 4.79 Å². The number of nitrogens with zero attached hydrogens (tertiary/aromatic N) is 1. The van der Waals surface area contributed by atoms with Crippen molar-refractivity contribution in [1.82, 2.24) is 9.55 Å². The summed E-state index contributed by atoms with van der Waals surface area (Å²) in [6, 6.07) is 5.17. The van der Waals surface area contributed by atoms with Crippen LogP contribution in [0.2, 0.25) is 0 Å². The number of hydrogen-bond donors (Lipinski definition) is 1. The second-order valence-corrected chi connectivity index (χ2v) is 6.84. The van der Waals surface area contributed by atoms with Gasteiger partial charge in [-0.05, 0) is 31.5 Å². The molecule has 0 unspecified atom stereocenters. The van der Waals surface area contributed by atoms with E-state index in [0.29, 0.717) is 37.7 Å². The number of nitrogens with one attached hydrogen (secondary N) is 1. The van der Waals surface area contributed by atoms with Crippen LogP contribution in [0.4, 0.5) is 0 Å². The number of hydrogen-bond acceptors (Lipinski definition) is 6. The van der Waals surface area contributed by atoms with E-state index < -0.39 is 11.2 Å². The van der Waals surface area contributed by atoms with Crippen LogP contribution < -0.4 is 20.7 Å². The fraction of sp³-hybridized carbons (Fsp3) is 0.278. The lowest BCUT2D eigenvalue weighted by atomic mass is 10.1. The first-order valence-corrected chi connectivity index (χ1v) is 8.67. The van der Waals surface area contributed by atoms with Crippen molar-refractivity contribution in [2.75, 3.05) is 14.2 Å². The molecule has 2 aromatic heterocycles. The lowest BCUT2D eigenvalue weighted by Gasteiger charge is -2.11. The highest BCUT2D eigenvalue weighted by Crippen LogP contribution is 2.27. The fourth-order valence-electron chi connectivity index (χ4n) is 2.88. The zero-order valence-electron chi connectivity index (χ0n) is 14.8. The summed E-state index contributed by atoms with van der Waals surface area (Å²) in [5.41, 5.74) is 0.300. The number of fused-ring (bicyclic) bond motifs is 1. The Kier molecular flexibility index (Phi) is 4.69. The van der Waals surface area contributed by atoms with Crippen molar-refractivity contribution in [2.24, 2.45) is 0 Å². The number of Topliss-reactive ketones (excluding diaryl/α,β-unsaturated/α-hetero) is 1. The Balaban J connectivity index is 2.18. The monoisotopic (exact) mass is 374 g/mol. The second kappa shape index (κ2) is 6.80. The minimum absolute atomic E-state index is 0.0436. The van der Waals surface area contributed by atoms with Gasteiger partial charge in [-0.1, -0.05) is 0 Å². The second-order valence-electron chi connectivity index (χ2n) is 5.82. The average Bonchev–Trinajstić information content (AvgIpc) is 2.95. The molecule has 2 heterocycles. The molecule has 1 N–H and O–H groups in total. The van der Waals surface area contributed by atoms with Crippen molar-refractivity contribution in [3.8, 4) is 11.5 Å². The number of aryl methyl sites for hydroxylation is 1. The number of aromatic nitrogens is 2. The van der Waals surface area contributed by atoms with Crippen molar-refractivity contribution >= 4 is 27.3 Å². The Labute approximate surface area is 152 Å². The van der Waals surface area contributed by atoms with Crippen LogP contribution in [-0.4, -0.2) is 29.6 Å². The number of methoxy groups -OCH3 is 2. The summed E-state index contributed by atoms with van der Waals surface area (Å²) in [4.78, 5) is 40.7. The molecule has 8 heteroatoms. The highest BCUT2D eigenvalue weighted by atomic mass is 32.1. The van der Waals surface area contributed by atoms with Gasteiger partial charge in [0.1, 0.15) is 16.3 Å². The molecule has 0 fully saturated rings. The molecule has 0 atom stereocenters. The van der Waals surface area contributed by atoms with Gasteiger partial charge in [-0.2, -0.15) is 0 Å². The maximum atomic E-state index is 12.9. The molecule has 1 aromatic carbocycles. The van der Waals surface area contributed by atoms with Gasteiger partial charge in [0.2, 0.25) is 0 Å². The minimum atomic E-state index is -0.531. The standard InChI is InChI=1S/C18H18N2O5S/c1-9-14-16(26-15(9)10(2)21)19-18(23)20(17(14)22)8-11-5-6-12(24-3)7-13(11)25-4/h5-7H,8H2,1-4H3,(H,19,23). The smallest absolute Gasteiger partial charge is 0.329 e. The van der Waals surface area contributed by atoms with E-state index in [2.05, 4.69) is 4.98 Å². The van der Waals surface area contributed by atoms with Crippen LogP contribution in [0.3, 0.4) is 0 Å². The molecule has 3 aromatic rings. The lowest BCUT2D eigenvalue weighted by Crippen LogP contribution is -2.35. The van der Waals surface area contributed by atoms with E-state index in [1.807, 2.05) is 0 Å². The highest BCUT2D eigenvalue weighted by Gasteiger charge is 2.19. The summed E-state index contributed by atoms with van der Waals surface area (Å²) < 4.78 is 11.6. The van der Waals surface area contributed by atoms with Crippen LogP contribution in [0.5, 0.6) is 11.5 Å². The fourth-order valence-corrected chi connectivity index (χ4v) is 3.97. The van der Waals surface area contributed by atoms with Crippen LogP contribution >= 0.6 is 11.3 Å². The average molecular weight is 374 g/mol. The third-order valence-electron chi connectivity index (χ3n) is 4.21. The van der Waals surface area contributed by atoms with Crippen LogP contribution in [0.1, 0.15) is 27.7 Å². The van der Waals surface area contributed by atoms with Crippen molar-refractivity contribution in [3.63, 3.8) is 0 Å². The quantitative estimate of drug-likeness (QED) is 0.692. The molecule has 0 amide bonds. The molecule has 0 radical (unpaired) electrons. The molecule has 136 valence electrons. The van der Waals surface area contributed by atoms with Crippen LogP contribution in [0, 0.1) is 6.92 Å². The van der Waals surface area contributed by atoms with Crippen molar-refractivity contribution in [3.05, 3.63) is 55.0 Å². The summed E-state index contributed by atoms with van der Waals surface area (Å²) in [6.07, 6.45) is 0. The van der Waals surface area contributed by atoms with Gasteiger partial charge in [0.25, 0.3) is 5.56 Å². The van der Waals surface area contributed by atoms with Gasteiger partial charge in [-0.15, -0.1) is 11.3 Å². The Morgan fingerprint density at radius 2 is 1.96 bits per heavy atom. The Hall–Kier alpha value is -2.87. The van der Waals surface area contributed by atoms with Gasteiger partial charge in [0.05, 0.1) is 31.0 Å². The van der Waals surface area contributed by atoms with Crippen molar-refractivity contribution in [1.29, 1.82) is 0 Å². The van der Waals surface area contributed by atoms with Crippen molar-refractivity contribution < 1.29 is 14.3 Å². The molecule has 0 aliphatic carbocycles. The van der Waals surface area contributed by atoms with Gasteiger partial charge < -0.3 is 9.47 Å². The number of carbonyl (C=O) groups is 1. The summed E-state index contributed by atoms with van der Waals surface area (Å²) >= 11 is 1.13. The minimum Gasteiger partial charge on any atom is -0.497 e. The lowest BCUT2D eigenvalue weighted by molar-refractivity contribution is 0.102. The van der Waals surface area contributed by atoms with Gasteiger partial charge in [-0.3, -0.25) is 19.1 Å². The van der Waals surface area contributed by atoms with E-state index in [9.17, 15) is 14.4 Å². The number of H-pyrrole nitrogens is 1. The zero-order chi connectivity index (χ0) is 19.0. The first kappa shape index (κ1) is 17.9. The number of aromatic amines is 1. The van der Waals surface area contributed by atoms with E-state index >= 15 is 0 Å². The van der Waals surface area contributed by atoms with E-state index in [-0.39, 0.29) is 12.3 Å². The third-order valence-corrected chi connectivity index (χ3v) is 5.52. The first-order valence-electron chi connectivity index (χ1n) is 7.85. The highest BCUT2D eigenvalue weighted by molar-refractivity contribution is 7.20. The molecular weight excluding hydrogens is 356 g/mol. The summed E-state index contributed by atoms with van der Waals surface area (Å²) in [5, 5.41) is 0.368. The summed E-state index contributed by atoms with van der Waals surface area (Å²) in [6.45, 7) is 3.20. The van der Waals surface area contributed by atoms with Crippen LogP contribution in [0.25, 0.3) is 10.2 Å². The summed E-state index contributed by atoms with van der Waals surface area (Å²) in [7, 11) is 3.06. The number of thiophene rings is 1. The molecule has 7 nitrogen and oxygen atoms in total. The Bertz CT molecular complexity index is 1120. The molecule has 0 bridgehead atoms. The Morgan fingerprint density at radius 3 is 2.58 bits per heavy atom.